The molecule has 0 bridgehead atoms. The van der Waals surface area contributed by atoms with Gasteiger partial charge in [-0.15, -0.1) is 0 Å². The summed E-state index contributed by atoms with van der Waals surface area (Å²) in [4.78, 5) is 29.5. The van der Waals surface area contributed by atoms with Crippen LogP contribution in [0.3, 0.4) is 0 Å². The molecule has 184 valence electrons. The molecule has 2 aromatic heterocycles. The number of nitrogens with one attached hydrogen (secondary N) is 3. The van der Waals surface area contributed by atoms with Crippen molar-refractivity contribution in [3.63, 3.8) is 0 Å². The Morgan fingerprint density at radius 1 is 1.08 bits per heavy atom. The third-order valence-corrected chi connectivity index (χ3v) is 5.50. The Balaban J connectivity index is 1.36. The number of hydrogen-bond acceptors (Lipinski definition) is 8. The smallest absolute Gasteiger partial charge is 0.323 e. The fraction of sp³-hybridized carbons (Fsp3) is 0.167. The van der Waals surface area contributed by atoms with Gasteiger partial charge in [-0.3, -0.25) is 4.79 Å². The predicted molar refractivity (Wildman–Crippen MR) is 132 cm³/mol. The number of hydrogen-bond donors (Lipinski definition) is 4. The van der Waals surface area contributed by atoms with Crippen LogP contribution in [0.4, 0.5) is 22.0 Å². The summed E-state index contributed by atoms with van der Waals surface area (Å²) in [5.41, 5.74) is 9.43. The molecule has 3 heterocycles. The summed E-state index contributed by atoms with van der Waals surface area (Å²) in [6.45, 7) is 0.886. The van der Waals surface area contributed by atoms with Gasteiger partial charge in [0.05, 0.1) is 12.2 Å². The van der Waals surface area contributed by atoms with Gasteiger partial charge in [0.2, 0.25) is 6.79 Å². The number of benzene rings is 2. The molecular weight excluding hydrogens is 466 g/mol. The van der Waals surface area contributed by atoms with Crippen molar-refractivity contribution in [3.05, 3.63) is 60.6 Å². The van der Waals surface area contributed by atoms with Crippen LogP contribution in [0.25, 0.3) is 16.6 Å². The number of methoxy groups -OCH3 is 1. The fourth-order valence-corrected chi connectivity index (χ4v) is 3.85. The van der Waals surface area contributed by atoms with E-state index < -0.39 is 6.03 Å². The fourth-order valence-electron chi connectivity index (χ4n) is 3.85. The van der Waals surface area contributed by atoms with Gasteiger partial charge < -0.3 is 35.9 Å². The van der Waals surface area contributed by atoms with E-state index in [4.69, 9.17) is 19.9 Å². The Morgan fingerprint density at radius 3 is 2.64 bits per heavy atom. The van der Waals surface area contributed by atoms with E-state index in [1.54, 1.807) is 55.8 Å². The number of carbonyl (C=O) groups excluding carboxylic acids is 2. The Labute approximate surface area is 205 Å². The SMILES string of the molecule is COCCNC(=O)c1cn2ncnc(N)c2c1-c1ccc(NC(=O)Nc2ccc3c(c2)OCO3)cc1. The number of aromatic nitrogens is 3. The molecule has 1 aliphatic rings. The van der Waals surface area contributed by atoms with Crippen molar-refractivity contribution in [2.45, 2.75) is 0 Å². The van der Waals surface area contributed by atoms with Crippen molar-refractivity contribution < 1.29 is 23.8 Å². The molecular formula is C24H23N7O5. The van der Waals surface area contributed by atoms with E-state index in [2.05, 4.69) is 26.0 Å². The van der Waals surface area contributed by atoms with E-state index in [-0.39, 0.29) is 18.5 Å². The van der Waals surface area contributed by atoms with Crippen molar-refractivity contribution in [1.82, 2.24) is 19.9 Å². The summed E-state index contributed by atoms with van der Waals surface area (Å²) in [6.07, 6.45) is 2.93. The van der Waals surface area contributed by atoms with Crippen molar-refractivity contribution >= 4 is 34.6 Å². The number of urea groups is 1. The Bertz CT molecular complexity index is 1440. The topological polar surface area (TPSA) is 154 Å². The summed E-state index contributed by atoms with van der Waals surface area (Å²) in [6, 6.07) is 11.7. The molecule has 0 aliphatic carbocycles. The molecule has 0 saturated carbocycles. The Kier molecular flexibility index (Phi) is 6.24. The average Bonchev–Trinajstić information content (AvgIpc) is 3.50. The van der Waals surface area contributed by atoms with Gasteiger partial charge in [-0.25, -0.2) is 14.3 Å². The molecule has 2 aromatic carbocycles. The van der Waals surface area contributed by atoms with Crippen LogP contribution in [0.15, 0.2) is 55.0 Å². The highest BCUT2D eigenvalue weighted by atomic mass is 16.7. The highest BCUT2D eigenvalue weighted by Gasteiger charge is 2.21. The summed E-state index contributed by atoms with van der Waals surface area (Å²) in [5.74, 6) is 1.15. The van der Waals surface area contributed by atoms with Gasteiger partial charge in [-0.05, 0) is 29.8 Å². The number of nitrogens with two attached hydrogens (primary N) is 1. The minimum atomic E-state index is -0.424. The molecule has 12 heteroatoms. The molecule has 3 amide bonds. The van der Waals surface area contributed by atoms with E-state index in [0.29, 0.717) is 58.2 Å². The van der Waals surface area contributed by atoms with Gasteiger partial charge in [0.25, 0.3) is 5.91 Å². The van der Waals surface area contributed by atoms with E-state index in [0.717, 1.165) is 0 Å². The summed E-state index contributed by atoms with van der Waals surface area (Å²) in [7, 11) is 1.56. The van der Waals surface area contributed by atoms with Gasteiger partial charge in [-0.2, -0.15) is 5.10 Å². The molecule has 0 radical (unpaired) electrons. The number of anilines is 3. The largest absolute Gasteiger partial charge is 0.454 e. The third kappa shape index (κ3) is 4.57. The van der Waals surface area contributed by atoms with E-state index in [1.807, 2.05) is 0 Å². The lowest BCUT2D eigenvalue weighted by atomic mass is 10.0. The molecule has 1 aliphatic heterocycles. The lowest BCUT2D eigenvalue weighted by molar-refractivity contribution is 0.0937. The van der Waals surface area contributed by atoms with Crippen LogP contribution in [0.1, 0.15) is 10.4 Å². The molecule has 36 heavy (non-hydrogen) atoms. The minimum Gasteiger partial charge on any atom is -0.454 e. The predicted octanol–water partition coefficient (Wildman–Crippen LogP) is 2.73. The number of amides is 3. The Hall–Kier alpha value is -4.84. The van der Waals surface area contributed by atoms with Gasteiger partial charge in [0.1, 0.15) is 11.8 Å². The summed E-state index contributed by atoms with van der Waals surface area (Å²) in [5, 5.41) is 12.5. The molecule has 5 N–H and O–H groups in total. The van der Waals surface area contributed by atoms with Gasteiger partial charge in [0, 0.05) is 42.9 Å². The second kappa shape index (κ2) is 9.80. The molecule has 0 saturated heterocycles. The molecule has 12 nitrogen and oxygen atoms in total. The molecule has 5 rings (SSSR count). The van der Waals surface area contributed by atoms with Crippen LogP contribution in [-0.4, -0.2) is 53.6 Å². The summed E-state index contributed by atoms with van der Waals surface area (Å²) < 4.78 is 17.1. The van der Waals surface area contributed by atoms with Crippen LogP contribution >= 0.6 is 0 Å². The van der Waals surface area contributed by atoms with Gasteiger partial charge in [-0.1, -0.05) is 12.1 Å². The third-order valence-electron chi connectivity index (χ3n) is 5.50. The maximum atomic E-state index is 12.9. The number of nitrogen functional groups attached to an aromatic ring is 1. The van der Waals surface area contributed by atoms with Crippen molar-refractivity contribution in [2.75, 3.05) is 43.4 Å². The van der Waals surface area contributed by atoms with Crippen LogP contribution in [-0.2, 0) is 4.74 Å². The van der Waals surface area contributed by atoms with E-state index in [9.17, 15) is 9.59 Å². The van der Waals surface area contributed by atoms with Crippen molar-refractivity contribution in [1.29, 1.82) is 0 Å². The van der Waals surface area contributed by atoms with Crippen molar-refractivity contribution in [3.8, 4) is 22.6 Å². The molecule has 4 aromatic rings. The van der Waals surface area contributed by atoms with Gasteiger partial charge in [0.15, 0.2) is 17.3 Å². The number of carbonyl (C=O) groups is 2. The normalized spacial score (nSPS) is 11.9. The lowest BCUT2D eigenvalue weighted by Gasteiger charge is -2.10. The second-order valence-electron chi connectivity index (χ2n) is 7.83. The molecule has 0 spiro atoms. The maximum absolute atomic E-state index is 12.9. The highest BCUT2D eigenvalue weighted by molar-refractivity contribution is 6.07. The molecule has 0 atom stereocenters. The van der Waals surface area contributed by atoms with Crippen LogP contribution in [0.5, 0.6) is 11.5 Å². The maximum Gasteiger partial charge on any atom is 0.323 e. The number of ether oxygens (including phenoxy) is 3. The minimum absolute atomic E-state index is 0.156. The van der Waals surface area contributed by atoms with Crippen LogP contribution in [0, 0.1) is 0 Å². The monoisotopic (exact) mass is 489 g/mol. The first kappa shape index (κ1) is 22.9. The number of fused-ring (bicyclic) bond motifs is 2. The average molecular weight is 489 g/mol. The molecule has 0 unspecified atom stereocenters. The number of rotatable bonds is 7. The number of nitrogens with zero attached hydrogens (tertiary/aromatic N) is 3. The van der Waals surface area contributed by atoms with Crippen molar-refractivity contribution in [2.24, 2.45) is 0 Å². The quantitative estimate of drug-likeness (QED) is 0.289. The zero-order chi connectivity index (χ0) is 25.1. The van der Waals surface area contributed by atoms with Crippen LogP contribution in [0.2, 0.25) is 0 Å². The van der Waals surface area contributed by atoms with Crippen LogP contribution < -0.4 is 31.2 Å². The standard InChI is InChI=1S/C24H23N7O5/c1-34-9-8-26-23(32)17-11-31-21(22(25)27-12-28-31)20(17)14-2-4-15(5-3-14)29-24(33)30-16-6-7-18-19(10-16)36-13-35-18/h2-7,10-12H,8-9,13H2,1H3,(H,26,32)(H2,25,27,28)(H2,29,30,33). The van der Waals surface area contributed by atoms with E-state index in [1.165, 1.54) is 10.8 Å². The highest BCUT2D eigenvalue weighted by Crippen LogP contribution is 2.35. The zero-order valence-corrected chi connectivity index (χ0v) is 19.3. The molecule has 0 fully saturated rings. The zero-order valence-electron chi connectivity index (χ0n) is 19.3. The first-order valence-electron chi connectivity index (χ1n) is 11.0. The first-order valence-corrected chi connectivity index (χ1v) is 11.0. The summed E-state index contributed by atoms with van der Waals surface area (Å²) >= 11 is 0. The Morgan fingerprint density at radius 2 is 1.83 bits per heavy atom. The second-order valence-corrected chi connectivity index (χ2v) is 7.83. The van der Waals surface area contributed by atoms with Gasteiger partial charge >= 0.3 is 6.03 Å². The lowest BCUT2D eigenvalue weighted by Crippen LogP contribution is -2.27. The first-order chi connectivity index (χ1) is 17.5. The van der Waals surface area contributed by atoms with E-state index >= 15 is 0 Å².